The van der Waals surface area contributed by atoms with Crippen molar-refractivity contribution in [2.24, 2.45) is 5.18 Å². The summed E-state index contributed by atoms with van der Waals surface area (Å²) in [5.74, 6) is 0.772. The number of hydrogen-bond acceptors (Lipinski definition) is 5. The van der Waals surface area contributed by atoms with E-state index in [2.05, 4.69) is 10.1 Å². The average molecular weight is 234 g/mol. The first-order valence-corrected chi connectivity index (χ1v) is 5.52. The molecule has 0 unspecified atom stereocenters. The lowest BCUT2D eigenvalue weighted by molar-refractivity contribution is -0.119. The van der Waals surface area contributed by atoms with Crippen molar-refractivity contribution in [1.29, 1.82) is 0 Å². The van der Waals surface area contributed by atoms with Crippen LogP contribution >= 0.6 is 0 Å². The number of Topliss-reactive ketones (excluding diaryl/α,β-unsaturated/α-hetero) is 1. The molecule has 1 aromatic carbocycles. The fraction of sp³-hybridized carbons (Fsp3) is 0.417. The molecule has 0 aromatic heterocycles. The third-order valence-electron chi connectivity index (χ3n) is 2.95. The summed E-state index contributed by atoms with van der Waals surface area (Å²) >= 11 is 0. The third-order valence-corrected chi connectivity index (χ3v) is 2.95. The van der Waals surface area contributed by atoms with Gasteiger partial charge in [-0.3, -0.25) is 4.79 Å². The smallest absolute Gasteiger partial charge is 0.150 e. The number of nitroso groups, excluding NO2 is 1. The van der Waals surface area contributed by atoms with Crippen LogP contribution in [0.3, 0.4) is 0 Å². The van der Waals surface area contributed by atoms with E-state index < -0.39 is 0 Å². The van der Waals surface area contributed by atoms with Crippen molar-refractivity contribution in [3.63, 3.8) is 0 Å². The minimum absolute atomic E-state index is 0.296. The second kappa shape index (κ2) is 4.95. The Balaban J connectivity index is 2.21. The number of carbonyl (C=O) groups is 1. The number of rotatable bonds is 3. The van der Waals surface area contributed by atoms with E-state index in [0.717, 1.165) is 18.8 Å². The Kier molecular flexibility index (Phi) is 3.37. The summed E-state index contributed by atoms with van der Waals surface area (Å²) in [4.78, 5) is 23.8. The van der Waals surface area contributed by atoms with Gasteiger partial charge in [0.05, 0.1) is 7.11 Å². The van der Waals surface area contributed by atoms with Crippen LogP contribution in [0.5, 0.6) is 5.75 Å². The number of ether oxygens (including phenoxy) is 1. The van der Waals surface area contributed by atoms with Crippen LogP contribution in [0, 0.1) is 4.91 Å². The van der Waals surface area contributed by atoms with Crippen LogP contribution < -0.4 is 9.64 Å². The SMILES string of the molecule is COc1cc(N2CCC(=O)CC2)ccc1N=O. The van der Waals surface area contributed by atoms with Crippen LogP contribution in [0.4, 0.5) is 11.4 Å². The number of anilines is 1. The lowest BCUT2D eigenvalue weighted by Gasteiger charge is -2.28. The van der Waals surface area contributed by atoms with E-state index in [1.165, 1.54) is 7.11 Å². The Morgan fingerprint density at radius 1 is 1.29 bits per heavy atom. The maximum Gasteiger partial charge on any atom is 0.150 e. The number of benzene rings is 1. The predicted molar refractivity (Wildman–Crippen MR) is 64.9 cm³/mol. The highest BCUT2D eigenvalue weighted by molar-refractivity contribution is 5.81. The van der Waals surface area contributed by atoms with Crippen LogP contribution in [-0.2, 0) is 4.79 Å². The van der Waals surface area contributed by atoms with Crippen LogP contribution in [0.25, 0.3) is 0 Å². The molecule has 0 spiro atoms. The van der Waals surface area contributed by atoms with Gasteiger partial charge in [0.1, 0.15) is 17.2 Å². The van der Waals surface area contributed by atoms with Gasteiger partial charge < -0.3 is 9.64 Å². The van der Waals surface area contributed by atoms with Gasteiger partial charge in [-0.1, -0.05) is 0 Å². The van der Waals surface area contributed by atoms with Gasteiger partial charge in [0.25, 0.3) is 0 Å². The Labute approximate surface area is 99.3 Å². The highest BCUT2D eigenvalue weighted by atomic mass is 16.5. The lowest BCUT2D eigenvalue weighted by Crippen LogP contribution is -2.33. The summed E-state index contributed by atoms with van der Waals surface area (Å²) in [5.41, 5.74) is 1.26. The molecule has 90 valence electrons. The molecule has 0 atom stereocenters. The van der Waals surface area contributed by atoms with Gasteiger partial charge in [-0.15, -0.1) is 4.91 Å². The summed E-state index contributed by atoms with van der Waals surface area (Å²) in [6.07, 6.45) is 1.16. The first-order valence-electron chi connectivity index (χ1n) is 5.52. The van der Waals surface area contributed by atoms with Crippen molar-refractivity contribution >= 4 is 17.2 Å². The first kappa shape index (κ1) is 11.6. The van der Waals surface area contributed by atoms with Crippen molar-refractivity contribution in [3.8, 4) is 5.75 Å². The van der Waals surface area contributed by atoms with E-state index in [0.29, 0.717) is 30.1 Å². The van der Waals surface area contributed by atoms with Gasteiger partial charge in [0.2, 0.25) is 0 Å². The molecule has 1 saturated heterocycles. The second-order valence-electron chi connectivity index (χ2n) is 3.97. The van der Waals surface area contributed by atoms with Crippen molar-refractivity contribution in [2.45, 2.75) is 12.8 Å². The van der Waals surface area contributed by atoms with E-state index in [1.807, 2.05) is 6.07 Å². The molecule has 0 saturated carbocycles. The fourth-order valence-electron chi connectivity index (χ4n) is 1.95. The van der Waals surface area contributed by atoms with Crippen molar-refractivity contribution in [3.05, 3.63) is 23.1 Å². The minimum Gasteiger partial charge on any atom is -0.494 e. The molecule has 1 aliphatic heterocycles. The molecule has 0 N–H and O–H groups in total. The molecule has 0 amide bonds. The highest BCUT2D eigenvalue weighted by Gasteiger charge is 2.17. The van der Waals surface area contributed by atoms with Crippen molar-refractivity contribution in [2.75, 3.05) is 25.1 Å². The quantitative estimate of drug-likeness (QED) is 0.753. The normalized spacial score (nSPS) is 15.8. The molecule has 1 aromatic rings. The molecule has 1 fully saturated rings. The standard InChI is InChI=1S/C12H14N2O3/c1-17-12-8-9(2-3-11(12)13-16)14-6-4-10(15)5-7-14/h2-3,8H,4-7H2,1H3. The number of piperidine rings is 1. The second-order valence-corrected chi connectivity index (χ2v) is 3.97. The molecule has 5 nitrogen and oxygen atoms in total. The molecular weight excluding hydrogens is 220 g/mol. The van der Waals surface area contributed by atoms with Crippen molar-refractivity contribution < 1.29 is 9.53 Å². The molecule has 1 aliphatic rings. The van der Waals surface area contributed by atoms with E-state index in [9.17, 15) is 9.70 Å². The highest BCUT2D eigenvalue weighted by Crippen LogP contribution is 2.32. The van der Waals surface area contributed by atoms with Crippen molar-refractivity contribution in [1.82, 2.24) is 0 Å². The Bertz CT molecular complexity index is 435. The van der Waals surface area contributed by atoms with Crippen LogP contribution in [0.15, 0.2) is 23.4 Å². The summed E-state index contributed by atoms with van der Waals surface area (Å²) in [5, 5.41) is 2.89. The fourth-order valence-corrected chi connectivity index (χ4v) is 1.95. The topological polar surface area (TPSA) is 59.0 Å². The summed E-state index contributed by atoms with van der Waals surface area (Å²) < 4.78 is 5.10. The zero-order chi connectivity index (χ0) is 12.3. The summed E-state index contributed by atoms with van der Waals surface area (Å²) in [7, 11) is 1.51. The Morgan fingerprint density at radius 2 is 2.00 bits per heavy atom. The number of methoxy groups -OCH3 is 1. The molecule has 0 aliphatic carbocycles. The molecule has 1 heterocycles. The molecule has 17 heavy (non-hydrogen) atoms. The number of ketones is 1. The zero-order valence-corrected chi connectivity index (χ0v) is 9.68. The molecule has 2 rings (SSSR count). The van der Waals surface area contributed by atoms with Gasteiger partial charge in [-0.05, 0) is 17.3 Å². The van der Waals surface area contributed by atoms with Crippen LogP contribution in [0.2, 0.25) is 0 Å². The maximum absolute atomic E-state index is 11.2. The Hall–Kier alpha value is -1.91. The summed E-state index contributed by atoms with van der Waals surface area (Å²) in [6, 6.07) is 5.25. The molecular formula is C12H14N2O3. The predicted octanol–water partition coefficient (Wildman–Crippen LogP) is 2.26. The minimum atomic E-state index is 0.296. The van der Waals surface area contributed by atoms with Gasteiger partial charge in [-0.2, -0.15) is 0 Å². The molecule has 5 heteroatoms. The van der Waals surface area contributed by atoms with E-state index in [4.69, 9.17) is 4.74 Å². The lowest BCUT2D eigenvalue weighted by atomic mass is 10.1. The average Bonchev–Trinajstić information content (AvgIpc) is 2.39. The third kappa shape index (κ3) is 2.43. The number of nitrogens with zero attached hydrogens (tertiary/aromatic N) is 2. The van der Waals surface area contributed by atoms with Gasteiger partial charge >= 0.3 is 0 Å². The molecule has 0 radical (unpaired) electrons. The van der Waals surface area contributed by atoms with Crippen LogP contribution in [-0.4, -0.2) is 26.0 Å². The van der Waals surface area contributed by atoms with Gasteiger partial charge in [-0.25, -0.2) is 0 Å². The number of carbonyl (C=O) groups excluding carboxylic acids is 1. The van der Waals surface area contributed by atoms with E-state index in [-0.39, 0.29) is 0 Å². The van der Waals surface area contributed by atoms with E-state index >= 15 is 0 Å². The maximum atomic E-state index is 11.2. The Morgan fingerprint density at radius 3 is 2.59 bits per heavy atom. The monoisotopic (exact) mass is 234 g/mol. The van der Waals surface area contributed by atoms with Crippen LogP contribution in [0.1, 0.15) is 12.8 Å². The zero-order valence-electron chi connectivity index (χ0n) is 9.68. The van der Waals surface area contributed by atoms with Gasteiger partial charge in [0, 0.05) is 37.7 Å². The first-order chi connectivity index (χ1) is 8.24. The number of hydrogen-bond donors (Lipinski definition) is 0. The largest absolute Gasteiger partial charge is 0.494 e. The van der Waals surface area contributed by atoms with Gasteiger partial charge in [0.15, 0.2) is 0 Å². The molecule has 0 bridgehead atoms. The van der Waals surface area contributed by atoms with E-state index in [1.54, 1.807) is 12.1 Å². The summed E-state index contributed by atoms with van der Waals surface area (Å²) in [6.45, 7) is 1.44.